The van der Waals surface area contributed by atoms with Crippen molar-refractivity contribution >= 4 is 40.7 Å². The maximum atomic E-state index is 12.9. The van der Waals surface area contributed by atoms with Crippen molar-refractivity contribution in [2.24, 2.45) is 5.92 Å². The van der Waals surface area contributed by atoms with E-state index in [1.165, 1.54) is 12.5 Å². The molecule has 2 atom stereocenters. The van der Waals surface area contributed by atoms with Crippen molar-refractivity contribution in [2.75, 3.05) is 18.4 Å². The lowest BCUT2D eigenvalue weighted by atomic mass is 9.96. The SMILES string of the molecule is CC(=O)Nc1ccc(C(=O)N2C=C3C(Cc4cc(Cl)cc(Cl)c4)NC[C@@H]3C2)cc1. The van der Waals surface area contributed by atoms with Gasteiger partial charge in [0.05, 0.1) is 0 Å². The van der Waals surface area contributed by atoms with Crippen molar-refractivity contribution in [3.05, 3.63) is 75.4 Å². The molecule has 29 heavy (non-hydrogen) atoms. The van der Waals surface area contributed by atoms with Crippen LogP contribution in [0.4, 0.5) is 5.69 Å². The number of carbonyl (C=O) groups is 2. The van der Waals surface area contributed by atoms with Crippen molar-refractivity contribution in [1.82, 2.24) is 10.2 Å². The van der Waals surface area contributed by atoms with Crippen molar-refractivity contribution < 1.29 is 9.59 Å². The van der Waals surface area contributed by atoms with Gasteiger partial charge in [-0.1, -0.05) is 23.2 Å². The van der Waals surface area contributed by atoms with Gasteiger partial charge in [0, 0.05) is 59.5 Å². The van der Waals surface area contributed by atoms with E-state index in [4.69, 9.17) is 23.2 Å². The van der Waals surface area contributed by atoms with Gasteiger partial charge in [0.1, 0.15) is 0 Å². The highest BCUT2D eigenvalue weighted by Gasteiger charge is 2.37. The lowest BCUT2D eigenvalue weighted by Gasteiger charge is -2.16. The molecule has 2 aromatic rings. The zero-order valence-electron chi connectivity index (χ0n) is 15.9. The number of amides is 2. The Morgan fingerprint density at radius 1 is 1.14 bits per heavy atom. The minimum absolute atomic E-state index is 0.0363. The maximum Gasteiger partial charge on any atom is 0.257 e. The zero-order valence-corrected chi connectivity index (χ0v) is 17.4. The lowest BCUT2D eigenvalue weighted by Crippen LogP contribution is -2.30. The molecule has 1 saturated heterocycles. The number of nitrogens with zero attached hydrogens (tertiary/aromatic N) is 1. The number of hydrogen-bond acceptors (Lipinski definition) is 3. The zero-order chi connectivity index (χ0) is 20.5. The Morgan fingerprint density at radius 3 is 2.48 bits per heavy atom. The average molecular weight is 430 g/mol. The molecule has 2 heterocycles. The molecule has 0 radical (unpaired) electrons. The third kappa shape index (κ3) is 4.47. The van der Waals surface area contributed by atoms with Crippen molar-refractivity contribution in [3.63, 3.8) is 0 Å². The third-order valence-electron chi connectivity index (χ3n) is 5.28. The van der Waals surface area contributed by atoms with Crippen LogP contribution < -0.4 is 10.6 Å². The highest BCUT2D eigenvalue weighted by Crippen LogP contribution is 2.32. The highest BCUT2D eigenvalue weighted by atomic mass is 35.5. The topological polar surface area (TPSA) is 61.4 Å². The first-order valence-corrected chi connectivity index (χ1v) is 10.2. The van der Waals surface area contributed by atoms with Gasteiger partial charge < -0.3 is 15.5 Å². The van der Waals surface area contributed by atoms with E-state index in [2.05, 4.69) is 10.6 Å². The van der Waals surface area contributed by atoms with E-state index in [1.54, 1.807) is 35.2 Å². The van der Waals surface area contributed by atoms with E-state index in [0.717, 1.165) is 18.5 Å². The van der Waals surface area contributed by atoms with Crippen LogP contribution in [0.1, 0.15) is 22.8 Å². The van der Waals surface area contributed by atoms with Gasteiger partial charge in [-0.3, -0.25) is 9.59 Å². The van der Waals surface area contributed by atoms with Gasteiger partial charge in [0.15, 0.2) is 0 Å². The first kappa shape index (κ1) is 20.0. The van der Waals surface area contributed by atoms with Crippen LogP contribution in [-0.2, 0) is 11.2 Å². The average Bonchev–Trinajstić information content (AvgIpc) is 3.22. The van der Waals surface area contributed by atoms with E-state index < -0.39 is 0 Å². The van der Waals surface area contributed by atoms with Crippen molar-refractivity contribution in [3.8, 4) is 0 Å². The second-order valence-corrected chi connectivity index (χ2v) is 8.36. The summed E-state index contributed by atoms with van der Waals surface area (Å²) >= 11 is 12.2. The lowest BCUT2D eigenvalue weighted by molar-refractivity contribution is -0.114. The van der Waals surface area contributed by atoms with Gasteiger partial charge in [0.25, 0.3) is 5.91 Å². The summed E-state index contributed by atoms with van der Waals surface area (Å²) in [5, 5.41) is 7.50. The van der Waals surface area contributed by atoms with Crippen LogP contribution in [0.3, 0.4) is 0 Å². The van der Waals surface area contributed by atoms with Crippen LogP contribution in [0.5, 0.6) is 0 Å². The molecule has 5 nitrogen and oxygen atoms in total. The summed E-state index contributed by atoms with van der Waals surface area (Å²) in [5.41, 5.74) is 3.58. The molecule has 0 saturated carbocycles. The predicted octanol–water partition coefficient (Wildman–Crippen LogP) is 4.12. The molecule has 2 amide bonds. The maximum absolute atomic E-state index is 12.9. The molecular formula is C22H21Cl2N3O2. The van der Waals surface area contributed by atoms with Gasteiger partial charge in [-0.15, -0.1) is 0 Å². The van der Waals surface area contributed by atoms with Crippen molar-refractivity contribution in [2.45, 2.75) is 19.4 Å². The van der Waals surface area contributed by atoms with Crippen LogP contribution in [0.25, 0.3) is 0 Å². The van der Waals surface area contributed by atoms with E-state index in [1.807, 2.05) is 18.3 Å². The van der Waals surface area contributed by atoms with Gasteiger partial charge in [-0.2, -0.15) is 0 Å². The van der Waals surface area contributed by atoms with Crippen LogP contribution in [0.2, 0.25) is 10.0 Å². The summed E-state index contributed by atoms with van der Waals surface area (Å²) in [6, 6.07) is 12.7. The number of fused-ring (bicyclic) bond motifs is 1. The van der Waals surface area contributed by atoms with Crippen molar-refractivity contribution in [1.29, 1.82) is 0 Å². The molecular weight excluding hydrogens is 409 g/mol. The first-order valence-electron chi connectivity index (χ1n) is 9.47. The number of halogens is 2. The Morgan fingerprint density at radius 2 is 1.83 bits per heavy atom. The molecule has 0 aliphatic carbocycles. The second kappa shape index (κ2) is 8.19. The fraction of sp³-hybridized carbons (Fsp3) is 0.273. The minimum Gasteiger partial charge on any atom is -0.326 e. The monoisotopic (exact) mass is 429 g/mol. The quantitative estimate of drug-likeness (QED) is 0.767. The largest absolute Gasteiger partial charge is 0.326 e. The molecule has 2 aliphatic heterocycles. The summed E-state index contributed by atoms with van der Waals surface area (Å²) in [4.78, 5) is 25.8. The molecule has 150 valence electrons. The Labute approximate surface area is 179 Å². The predicted molar refractivity (Wildman–Crippen MR) is 115 cm³/mol. The Hall–Kier alpha value is -2.34. The fourth-order valence-electron chi connectivity index (χ4n) is 4.00. The summed E-state index contributed by atoms with van der Waals surface area (Å²) < 4.78 is 0. The molecule has 2 aromatic carbocycles. The number of rotatable bonds is 4. The molecule has 2 aliphatic rings. The fourth-order valence-corrected chi connectivity index (χ4v) is 4.57. The summed E-state index contributed by atoms with van der Waals surface area (Å²) in [6.07, 6.45) is 2.75. The summed E-state index contributed by atoms with van der Waals surface area (Å²) in [5.74, 6) is 0.142. The first-order chi connectivity index (χ1) is 13.9. The highest BCUT2D eigenvalue weighted by molar-refractivity contribution is 6.34. The summed E-state index contributed by atoms with van der Waals surface area (Å²) in [7, 11) is 0. The van der Waals surface area contributed by atoms with Crippen LogP contribution >= 0.6 is 23.2 Å². The minimum atomic E-state index is -0.138. The molecule has 0 aromatic heterocycles. The van der Waals surface area contributed by atoms with E-state index in [-0.39, 0.29) is 17.9 Å². The van der Waals surface area contributed by atoms with E-state index >= 15 is 0 Å². The van der Waals surface area contributed by atoms with E-state index in [0.29, 0.717) is 33.8 Å². The number of benzene rings is 2. The smallest absolute Gasteiger partial charge is 0.257 e. The van der Waals surface area contributed by atoms with Crippen LogP contribution in [0.15, 0.2) is 54.2 Å². The van der Waals surface area contributed by atoms with Crippen LogP contribution in [0, 0.1) is 5.92 Å². The third-order valence-corrected chi connectivity index (χ3v) is 5.72. The second-order valence-electron chi connectivity index (χ2n) is 7.48. The Kier molecular flexibility index (Phi) is 5.63. The van der Waals surface area contributed by atoms with Crippen LogP contribution in [-0.4, -0.2) is 35.8 Å². The van der Waals surface area contributed by atoms with Gasteiger partial charge in [0.2, 0.25) is 5.91 Å². The number of hydrogen-bond donors (Lipinski definition) is 2. The number of carbonyl (C=O) groups excluding carboxylic acids is 2. The van der Waals surface area contributed by atoms with E-state index in [9.17, 15) is 9.59 Å². The molecule has 0 spiro atoms. The number of nitrogens with one attached hydrogen (secondary N) is 2. The molecule has 2 N–H and O–H groups in total. The normalized spacial score (nSPS) is 20.4. The molecule has 4 rings (SSSR count). The standard InChI is InChI=1S/C22H21Cl2N3O2/c1-13(28)26-19-4-2-15(3-5-19)22(29)27-11-16-10-25-21(20(16)12-27)8-14-6-17(23)9-18(24)7-14/h2-7,9,12,16,21,25H,8,10-11H2,1H3,(H,26,28)/t16-,21?/m1/s1. The molecule has 0 bridgehead atoms. The molecule has 7 heteroatoms. The Bertz CT molecular complexity index is 968. The van der Waals surface area contributed by atoms with Gasteiger partial charge in [-0.25, -0.2) is 0 Å². The van der Waals surface area contributed by atoms with Gasteiger partial charge in [-0.05, 0) is 60.0 Å². The Balaban J connectivity index is 1.47. The van der Waals surface area contributed by atoms with Gasteiger partial charge >= 0.3 is 0 Å². The summed E-state index contributed by atoms with van der Waals surface area (Å²) in [6.45, 7) is 2.97. The molecule has 1 fully saturated rings. The molecule has 1 unspecified atom stereocenters. The number of anilines is 1.